The molecular weight excluding hydrogens is 438 g/mol. The molecule has 162 valence electrons. The van der Waals surface area contributed by atoms with Gasteiger partial charge in [-0.25, -0.2) is 13.4 Å². The van der Waals surface area contributed by atoms with Gasteiger partial charge in [0, 0.05) is 17.4 Å². The standard InChI is InChI=1S/C22H22ClN3O4S/c1-4-30-20-7-5-6-15-12-17(22(23)24-21(15)20)19-13-18(25-26(19)31(3,27)28)14-8-10-16(29-2)11-9-14/h5-12,19H,4,13H2,1-3H3/t19-/m1/s1. The van der Waals surface area contributed by atoms with Gasteiger partial charge < -0.3 is 9.47 Å². The van der Waals surface area contributed by atoms with Gasteiger partial charge >= 0.3 is 0 Å². The second-order valence-corrected chi connectivity index (χ2v) is 9.36. The van der Waals surface area contributed by atoms with Gasteiger partial charge in [0.15, 0.2) is 0 Å². The number of pyridine rings is 1. The number of aromatic nitrogens is 1. The highest BCUT2D eigenvalue weighted by molar-refractivity contribution is 7.88. The molecule has 9 heteroatoms. The van der Waals surface area contributed by atoms with Crippen LogP contribution in [0, 0.1) is 0 Å². The number of sulfonamides is 1. The van der Waals surface area contributed by atoms with Crippen molar-refractivity contribution in [1.29, 1.82) is 0 Å². The van der Waals surface area contributed by atoms with E-state index in [0.717, 1.165) is 21.6 Å². The minimum absolute atomic E-state index is 0.226. The molecule has 0 bridgehead atoms. The average molecular weight is 460 g/mol. The van der Waals surface area contributed by atoms with Gasteiger partial charge in [-0.1, -0.05) is 23.7 Å². The van der Waals surface area contributed by atoms with Crippen LogP contribution in [0.2, 0.25) is 5.15 Å². The first-order valence-electron chi connectivity index (χ1n) is 9.75. The normalized spacial score (nSPS) is 16.5. The Bertz CT molecular complexity index is 1260. The molecule has 0 amide bonds. The van der Waals surface area contributed by atoms with Crippen LogP contribution in [0.4, 0.5) is 0 Å². The first kappa shape index (κ1) is 21.4. The fourth-order valence-corrected chi connectivity index (χ4v) is 4.82. The molecule has 7 nitrogen and oxygen atoms in total. The average Bonchev–Trinajstić information content (AvgIpc) is 3.20. The molecule has 1 aromatic heterocycles. The molecule has 2 aromatic carbocycles. The van der Waals surface area contributed by atoms with Crippen LogP contribution in [0.15, 0.2) is 53.6 Å². The van der Waals surface area contributed by atoms with Gasteiger partial charge in [0.2, 0.25) is 10.0 Å². The number of rotatable bonds is 6. The molecule has 1 atom stereocenters. The fraction of sp³-hybridized carbons (Fsp3) is 0.273. The van der Waals surface area contributed by atoms with E-state index in [2.05, 4.69) is 10.1 Å². The number of hydrazone groups is 1. The number of benzene rings is 2. The molecule has 0 saturated heterocycles. The Morgan fingerprint density at radius 2 is 1.94 bits per heavy atom. The summed E-state index contributed by atoms with van der Waals surface area (Å²) in [6.07, 6.45) is 1.51. The maximum Gasteiger partial charge on any atom is 0.247 e. The van der Waals surface area contributed by atoms with Crippen LogP contribution in [0.3, 0.4) is 0 Å². The molecule has 3 aromatic rings. The lowest BCUT2D eigenvalue weighted by Gasteiger charge is -2.22. The van der Waals surface area contributed by atoms with Crippen molar-refractivity contribution in [1.82, 2.24) is 9.40 Å². The van der Waals surface area contributed by atoms with E-state index in [4.69, 9.17) is 21.1 Å². The van der Waals surface area contributed by atoms with Crippen LogP contribution in [0.25, 0.3) is 10.9 Å². The summed E-state index contributed by atoms with van der Waals surface area (Å²) in [4.78, 5) is 4.53. The number of ether oxygens (including phenoxy) is 2. The highest BCUT2D eigenvalue weighted by atomic mass is 35.5. The minimum atomic E-state index is -3.63. The molecule has 0 N–H and O–H groups in total. The number of nitrogens with zero attached hydrogens (tertiary/aromatic N) is 3. The fourth-order valence-electron chi connectivity index (χ4n) is 3.65. The van der Waals surface area contributed by atoms with E-state index in [0.29, 0.717) is 41.3 Å². The number of hydrogen-bond acceptors (Lipinski definition) is 6. The molecule has 0 fully saturated rings. The zero-order chi connectivity index (χ0) is 22.2. The lowest BCUT2D eigenvalue weighted by Crippen LogP contribution is -2.26. The zero-order valence-corrected chi connectivity index (χ0v) is 18.9. The highest BCUT2D eigenvalue weighted by Crippen LogP contribution is 2.39. The van der Waals surface area contributed by atoms with Crippen LogP contribution in [0.1, 0.15) is 30.5 Å². The largest absolute Gasteiger partial charge is 0.497 e. The Morgan fingerprint density at radius 3 is 2.58 bits per heavy atom. The van der Waals surface area contributed by atoms with Gasteiger partial charge in [-0.2, -0.15) is 9.52 Å². The van der Waals surface area contributed by atoms with Gasteiger partial charge in [-0.3, -0.25) is 0 Å². The summed E-state index contributed by atoms with van der Waals surface area (Å²) in [5.74, 6) is 1.35. The Hall–Kier alpha value is -2.84. The summed E-state index contributed by atoms with van der Waals surface area (Å²) in [6.45, 7) is 2.40. The van der Waals surface area contributed by atoms with Crippen LogP contribution < -0.4 is 9.47 Å². The van der Waals surface area contributed by atoms with Crippen molar-refractivity contribution in [2.75, 3.05) is 20.0 Å². The van der Waals surface area contributed by atoms with Crippen molar-refractivity contribution in [2.45, 2.75) is 19.4 Å². The molecule has 4 rings (SSSR count). The molecule has 0 aliphatic carbocycles. The second kappa shape index (κ2) is 8.36. The molecule has 31 heavy (non-hydrogen) atoms. The van der Waals surface area contributed by atoms with Crippen LogP contribution in [-0.4, -0.2) is 43.5 Å². The minimum Gasteiger partial charge on any atom is -0.497 e. The lowest BCUT2D eigenvalue weighted by atomic mass is 9.99. The number of halogens is 1. The third kappa shape index (κ3) is 4.18. The van der Waals surface area contributed by atoms with Gasteiger partial charge in [0.1, 0.15) is 22.2 Å². The zero-order valence-electron chi connectivity index (χ0n) is 17.4. The monoisotopic (exact) mass is 459 g/mol. The van der Waals surface area contributed by atoms with Crippen molar-refractivity contribution >= 4 is 38.2 Å². The molecule has 1 aliphatic rings. The predicted molar refractivity (Wildman–Crippen MR) is 121 cm³/mol. The Kier molecular flexibility index (Phi) is 5.77. The van der Waals surface area contributed by atoms with Crippen LogP contribution >= 0.6 is 11.6 Å². The Morgan fingerprint density at radius 1 is 1.19 bits per heavy atom. The van der Waals surface area contributed by atoms with E-state index in [-0.39, 0.29) is 5.15 Å². The number of fused-ring (bicyclic) bond motifs is 1. The number of methoxy groups -OCH3 is 1. The van der Waals surface area contributed by atoms with E-state index in [9.17, 15) is 8.42 Å². The van der Waals surface area contributed by atoms with Crippen molar-refractivity contribution in [3.8, 4) is 11.5 Å². The van der Waals surface area contributed by atoms with E-state index in [1.54, 1.807) is 7.11 Å². The lowest BCUT2D eigenvalue weighted by molar-refractivity contribution is 0.343. The van der Waals surface area contributed by atoms with E-state index >= 15 is 0 Å². The molecule has 0 spiro atoms. The van der Waals surface area contributed by atoms with E-state index in [1.165, 1.54) is 0 Å². The molecule has 1 aliphatic heterocycles. The third-order valence-corrected chi connectivity index (χ3v) is 6.40. The summed E-state index contributed by atoms with van der Waals surface area (Å²) in [7, 11) is -2.04. The summed E-state index contributed by atoms with van der Waals surface area (Å²) in [5.41, 5.74) is 2.71. The van der Waals surface area contributed by atoms with E-state index < -0.39 is 16.1 Å². The van der Waals surface area contributed by atoms with Crippen molar-refractivity contribution < 1.29 is 17.9 Å². The van der Waals surface area contributed by atoms with Gasteiger partial charge in [0.05, 0.1) is 31.7 Å². The first-order valence-corrected chi connectivity index (χ1v) is 12.0. The molecule has 0 radical (unpaired) electrons. The summed E-state index contributed by atoms with van der Waals surface area (Å²) < 4.78 is 37.0. The summed E-state index contributed by atoms with van der Waals surface area (Å²) in [5, 5.41) is 5.46. The van der Waals surface area contributed by atoms with Gasteiger partial charge in [0.25, 0.3) is 0 Å². The van der Waals surface area contributed by atoms with E-state index in [1.807, 2.05) is 55.5 Å². The number of para-hydroxylation sites is 1. The smallest absolute Gasteiger partial charge is 0.247 e. The molecule has 0 unspecified atom stereocenters. The summed E-state index contributed by atoms with van der Waals surface area (Å²) in [6, 6.07) is 14.2. The molecule has 0 saturated carbocycles. The highest BCUT2D eigenvalue weighted by Gasteiger charge is 2.36. The maximum atomic E-state index is 12.5. The predicted octanol–water partition coefficient (Wildman–Crippen LogP) is 4.41. The topological polar surface area (TPSA) is 81.1 Å². The summed E-state index contributed by atoms with van der Waals surface area (Å²) >= 11 is 6.55. The second-order valence-electron chi connectivity index (χ2n) is 7.16. The maximum absolute atomic E-state index is 12.5. The van der Waals surface area contributed by atoms with Gasteiger partial charge in [-0.15, -0.1) is 0 Å². The number of hydrogen-bond donors (Lipinski definition) is 0. The SMILES string of the molecule is CCOc1cccc2cc([C@H]3CC(c4ccc(OC)cc4)=NN3S(C)(=O)=O)c(Cl)nc12. The van der Waals surface area contributed by atoms with Crippen molar-refractivity contribution in [3.05, 3.63) is 64.8 Å². The first-order chi connectivity index (χ1) is 14.8. The quantitative estimate of drug-likeness (QED) is 0.510. The van der Waals surface area contributed by atoms with Crippen LogP contribution in [0.5, 0.6) is 11.5 Å². The van der Waals surface area contributed by atoms with Crippen molar-refractivity contribution in [3.63, 3.8) is 0 Å². The van der Waals surface area contributed by atoms with Gasteiger partial charge in [-0.05, 0) is 48.9 Å². The Balaban J connectivity index is 1.77. The van der Waals surface area contributed by atoms with Crippen LogP contribution in [-0.2, 0) is 10.0 Å². The van der Waals surface area contributed by atoms with Crippen molar-refractivity contribution in [2.24, 2.45) is 5.10 Å². The molecular formula is C22H22ClN3O4S. The molecule has 2 heterocycles. The Labute approximate surface area is 186 Å². The third-order valence-electron chi connectivity index (χ3n) is 5.08.